The first kappa shape index (κ1) is 29.0. The number of carbonyl (C=O) groups is 2. The molecule has 0 heterocycles. The van der Waals surface area contributed by atoms with Crippen LogP contribution in [0.5, 0.6) is 17.2 Å². The fourth-order valence-electron chi connectivity index (χ4n) is 4.62. The lowest BCUT2D eigenvalue weighted by molar-refractivity contribution is -0.131. The number of amides is 2. The van der Waals surface area contributed by atoms with Gasteiger partial charge in [-0.1, -0.05) is 30.3 Å². The first-order valence-corrected chi connectivity index (χ1v) is 12.9. The Bertz CT molecular complexity index is 1060. The van der Waals surface area contributed by atoms with Gasteiger partial charge in [-0.15, -0.1) is 0 Å². The molecule has 38 heavy (non-hydrogen) atoms. The lowest BCUT2D eigenvalue weighted by Crippen LogP contribution is -2.51. The van der Waals surface area contributed by atoms with Gasteiger partial charge in [0.25, 0.3) is 5.91 Å². The van der Waals surface area contributed by atoms with Crippen LogP contribution in [0.4, 0.5) is 0 Å². The largest absolute Gasteiger partial charge is 0.493 e. The molecule has 0 unspecified atom stereocenters. The van der Waals surface area contributed by atoms with Crippen molar-refractivity contribution in [2.45, 2.75) is 62.8 Å². The monoisotopic (exact) mass is 525 g/mol. The van der Waals surface area contributed by atoms with Crippen LogP contribution < -0.4 is 30.6 Å². The van der Waals surface area contributed by atoms with E-state index in [4.69, 9.17) is 19.9 Å². The number of nitrogens with two attached hydrogens (primary N) is 1. The number of carbonyl (C=O) groups excluding carboxylic acids is 2. The summed E-state index contributed by atoms with van der Waals surface area (Å²) in [5.41, 5.74) is 7.94. The summed E-state index contributed by atoms with van der Waals surface area (Å²) in [4.78, 5) is 25.0. The SMILES string of the molecule is COc1cc(/C=C/C(=O)NC2CCC(NC(=O)[C@@H](O)[C@H](N)CCc3ccccc3)CC2)cc(OC)c1OC. The number of aliphatic hydroxyl groups excluding tert-OH is 1. The number of hydrogen-bond donors (Lipinski definition) is 4. The minimum absolute atomic E-state index is 0.0123. The van der Waals surface area contributed by atoms with Crippen molar-refractivity contribution >= 4 is 17.9 Å². The van der Waals surface area contributed by atoms with Crippen LogP contribution in [-0.2, 0) is 16.0 Å². The van der Waals surface area contributed by atoms with E-state index in [0.29, 0.717) is 42.9 Å². The summed E-state index contributed by atoms with van der Waals surface area (Å²) in [6.07, 6.45) is 5.99. The number of nitrogens with one attached hydrogen (secondary N) is 2. The van der Waals surface area contributed by atoms with Crippen molar-refractivity contribution in [3.05, 3.63) is 59.7 Å². The van der Waals surface area contributed by atoms with Gasteiger partial charge >= 0.3 is 0 Å². The average Bonchev–Trinajstić information content (AvgIpc) is 2.95. The zero-order chi connectivity index (χ0) is 27.5. The molecule has 3 rings (SSSR count). The molecule has 1 fully saturated rings. The molecule has 2 aromatic rings. The Balaban J connectivity index is 1.42. The third-order valence-corrected chi connectivity index (χ3v) is 6.82. The Morgan fingerprint density at radius 2 is 1.55 bits per heavy atom. The number of hydrogen-bond acceptors (Lipinski definition) is 7. The van der Waals surface area contributed by atoms with Crippen LogP contribution in [0, 0.1) is 0 Å². The van der Waals surface area contributed by atoms with Gasteiger partial charge in [0, 0.05) is 24.2 Å². The summed E-state index contributed by atoms with van der Waals surface area (Å²) in [6.45, 7) is 0. The summed E-state index contributed by atoms with van der Waals surface area (Å²) in [7, 11) is 4.61. The van der Waals surface area contributed by atoms with Crippen LogP contribution in [0.25, 0.3) is 6.08 Å². The Morgan fingerprint density at radius 1 is 0.974 bits per heavy atom. The fourth-order valence-corrected chi connectivity index (χ4v) is 4.62. The number of methoxy groups -OCH3 is 3. The molecule has 9 nitrogen and oxygen atoms in total. The maximum atomic E-state index is 12.5. The molecule has 206 valence electrons. The predicted molar refractivity (Wildman–Crippen MR) is 146 cm³/mol. The van der Waals surface area contributed by atoms with E-state index in [2.05, 4.69) is 10.6 Å². The van der Waals surface area contributed by atoms with Gasteiger partial charge in [0.05, 0.1) is 21.3 Å². The molecular weight excluding hydrogens is 486 g/mol. The molecule has 0 aromatic heterocycles. The third-order valence-electron chi connectivity index (χ3n) is 6.82. The first-order chi connectivity index (χ1) is 18.3. The molecule has 1 aliphatic rings. The molecule has 0 aliphatic heterocycles. The molecule has 1 saturated carbocycles. The molecule has 0 radical (unpaired) electrons. The molecule has 2 amide bonds. The highest BCUT2D eigenvalue weighted by atomic mass is 16.5. The number of ether oxygens (including phenoxy) is 3. The molecule has 9 heteroatoms. The Kier molecular flexibility index (Phi) is 11.0. The van der Waals surface area contributed by atoms with Crippen LogP contribution in [0.15, 0.2) is 48.5 Å². The standard InChI is InChI=1S/C29H39N3O6/c1-36-24-17-20(18-25(37-2)28(24)38-3)10-16-26(33)31-21-11-13-22(14-12-21)32-29(35)27(34)23(30)15-9-19-7-5-4-6-8-19/h4-8,10,16-18,21-23,27,34H,9,11-15,30H2,1-3H3,(H,31,33)(H,32,35)/b16-10+/t21?,22?,23-,27+/m1/s1. The highest BCUT2D eigenvalue weighted by molar-refractivity contribution is 5.92. The summed E-state index contributed by atoms with van der Waals surface area (Å²) < 4.78 is 16.0. The summed E-state index contributed by atoms with van der Waals surface area (Å²) in [5.74, 6) is 0.864. The molecular formula is C29H39N3O6. The quantitative estimate of drug-likeness (QED) is 0.313. The Labute approximate surface area is 224 Å². The van der Waals surface area contributed by atoms with E-state index in [0.717, 1.165) is 24.0 Å². The average molecular weight is 526 g/mol. The highest BCUT2D eigenvalue weighted by Gasteiger charge is 2.28. The van der Waals surface area contributed by atoms with E-state index in [9.17, 15) is 14.7 Å². The van der Waals surface area contributed by atoms with Gasteiger partial charge in [-0.3, -0.25) is 9.59 Å². The molecule has 2 atom stereocenters. The van der Waals surface area contributed by atoms with Crippen molar-refractivity contribution < 1.29 is 28.9 Å². The van der Waals surface area contributed by atoms with Crippen LogP contribution in [0.2, 0.25) is 0 Å². The van der Waals surface area contributed by atoms with Crippen LogP contribution in [0.1, 0.15) is 43.2 Å². The highest BCUT2D eigenvalue weighted by Crippen LogP contribution is 2.38. The summed E-state index contributed by atoms with van der Waals surface area (Å²) in [5, 5.41) is 16.3. The van der Waals surface area contributed by atoms with E-state index in [-0.39, 0.29) is 18.0 Å². The Morgan fingerprint density at radius 3 is 2.11 bits per heavy atom. The van der Waals surface area contributed by atoms with Gasteiger partial charge in [-0.25, -0.2) is 0 Å². The summed E-state index contributed by atoms with van der Waals surface area (Å²) >= 11 is 0. The van der Waals surface area contributed by atoms with Crippen molar-refractivity contribution in [2.75, 3.05) is 21.3 Å². The van der Waals surface area contributed by atoms with Crippen LogP contribution >= 0.6 is 0 Å². The van der Waals surface area contributed by atoms with E-state index in [1.54, 1.807) is 18.2 Å². The van der Waals surface area contributed by atoms with Gasteiger partial charge in [-0.05, 0) is 67.9 Å². The van der Waals surface area contributed by atoms with Gasteiger partial charge in [0.15, 0.2) is 11.5 Å². The number of benzene rings is 2. The normalized spacial score (nSPS) is 18.9. The zero-order valence-electron chi connectivity index (χ0n) is 22.3. The maximum absolute atomic E-state index is 12.5. The molecule has 0 bridgehead atoms. The smallest absolute Gasteiger partial charge is 0.250 e. The second-order valence-electron chi connectivity index (χ2n) is 9.49. The topological polar surface area (TPSA) is 132 Å². The first-order valence-electron chi connectivity index (χ1n) is 12.9. The second kappa shape index (κ2) is 14.4. The second-order valence-corrected chi connectivity index (χ2v) is 9.49. The molecule has 5 N–H and O–H groups in total. The van der Waals surface area contributed by atoms with E-state index >= 15 is 0 Å². The Hall–Kier alpha value is -3.56. The van der Waals surface area contributed by atoms with Crippen molar-refractivity contribution in [2.24, 2.45) is 5.73 Å². The van der Waals surface area contributed by atoms with E-state index in [1.807, 2.05) is 30.3 Å². The molecule has 0 spiro atoms. The van der Waals surface area contributed by atoms with Gasteiger partial charge in [0.1, 0.15) is 6.10 Å². The molecule has 2 aromatic carbocycles. The minimum atomic E-state index is -1.25. The molecule has 1 aliphatic carbocycles. The van der Waals surface area contributed by atoms with Crippen LogP contribution in [-0.4, -0.2) is 62.5 Å². The van der Waals surface area contributed by atoms with Gasteiger partial charge < -0.3 is 35.7 Å². The maximum Gasteiger partial charge on any atom is 0.250 e. The summed E-state index contributed by atoms with van der Waals surface area (Å²) in [6, 6.07) is 12.7. The van der Waals surface area contributed by atoms with Crippen molar-refractivity contribution in [1.29, 1.82) is 0 Å². The number of aliphatic hydroxyl groups is 1. The molecule has 0 saturated heterocycles. The lowest BCUT2D eigenvalue weighted by Gasteiger charge is -2.30. The van der Waals surface area contributed by atoms with Crippen molar-refractivity contribution in [3.8, 4) is 17.2 Å². The van der Waals surface area contributed by atoms with Crippen molar-refractivity contribution in [3.63, 3.8) is 0 Å². The van der Waals surface area contributed by atoms with E-state index in [1.165, 1.54) is 27.4 Å². The van der Waals surface area contributed by atoms with Crippen molar-refractivity contribution in [1.82, 2.24) is 10.6 Å². The predicted octanol–water partition coefficient (Wildman–Crippen LogP) is 2.59. The number of rotatable bonds is 12. The van der Waals surface area contributed by atoms with E-state index < -0.39 is 18.1 Å². The lowest BCUT2D eigenvalue weighted by atomic mass is 9.90. The van der Waals surface area contributed by atoms with Crippen LogP contribution in [0.3, 0.4) is 0 Å². The fraction of sp³-hybridized carbons (Fsp3) is 0.448. The third kappa shape index (κ3) is 8.22. The zero-order valence-corrected chi connectivity index (χ0v) is 22.3. The van der Waals surface area contributed by atoms with Gasteiger partial charge in [-0.2, -0.15) is 0 Å². The van der Waals surface area contributed by atoms with Gasteiger partial charge in [0.2, 0.25) is 11.7 Å². The number of aryl methyl sites for hydroxylation is 1. The minimum Gasteiger partial charge on any atom is -0.493 e.